The van der Waals surface area contributed by atoms with Crippen LogP contribution in [0, 0.1) is 0 Å². The summed E-state index contributed by atoms with van der Waals surface area (Å²) < 4.78 is 0. The molecule has 0 aromatic heterocycles. The van der Waals surface area contributed by atoms with Crippen molar-refractivity contribution in [1.82, 2.24) is 4.90 Å². The molecule has 0 radical (unpaired) electrons. The fourth-order valence-electron chi connectivity index (χ4n) is 3.63. The van der Waals surface area contributed by atoms with E-state index in [1.54, 1.807) is 0 Å². The molecule has 0 spiro atoms. The van der Waals surface area contributed by atoms with Crippen molar-refractivity contribution in [3.63, 3.8) is 0 Å². The van der Waals surface area contributed by atoms with Gasteiger partial charge in [0.15, 0.2) is 0 Å². The van der Waals surface area contributed by atoms with Crippen LogP contribution in [0.1, 0.15) is 49.4 Å². The van der Waals surface area contributed by atoms with Crippen molar-refractivity contribution >= 4 is 11.6 Å². The second-order valence-electron chi connectivity index (χ2n) is 6.68. The lowest BCUT2D eigenvalue weighted by Crippen LogP contribution is -2.44. The molecule has 0 aliphatic carbocycles. The Balaban J connectivity index is 1.83. The molecule has 2 heterocycles. The molecule has 1 amide bonds. The highest BCUT2D eigenvalue weighted by molar-refractivity contribution is 6.00. The van der Waals surface area contributed by atoms with Crippen LogP contribution in [-0.2, 0) is 0 Å². The van der Waals surface area contributed by atoms with Crippen molar-refractivity contribution in [3.8, 4) is 0 Å². The summed E-state index contributed by atoms with van der Waals surface area (Å²) in [7, 11) is 0. The molecule has 0 saturated carbocycles. The normalized spacial score (nSPS) is 23.6. The van der Waals surface area contributed by atoms with Gasteiger partial charge in [0.1, 0.15) is 0 Å². The number of carbonyl (C=O) groups excluding carboxylic acids is 1. The third kappa shape index (κ3) is 3.12. The Hall–Kier alpha value is -1.55. The molecule has 1 unspecified atom stereocenters. The molecule has 2 saturated heterocycles. The van der Waals surface area contributed by atoms with Crippen LogP contribution in [0.3, 0.4) is 0 Å². The summed E-state index contributed by atoms with van der Waals surface area (Å²) in [6, 6.07) is 8.72. The van der Waals surface area contributed by atoms with Crippen molar-refractivity contribution in [2.45, 2.75) is 51.1 Å². The summed E-state index contributed by atoms with van der Waals surface area (Å²) in [5.74, 6) is 0.192. The molecule has 4 nitrogen and oxygen atoms in total. The van der Waals surface area contributed by atoms with Crippen LogP contribution >= 0.6 is 0 Å². The molecule has 22 heavy (non-hydrogen) atoms. The van der Waals surface area contributed by atoms with Gasteiger partial charge in [-0.05, 0) is 51.2 Å². The Morgan fingerprint density at radius 1 is 1.09 bits per heavy atom. The Morgan fingerprint density at radius 3 is 2.55 bits per heavy atom. The number of piperidine rings is 2. The summed E-state index contributed by atoms with van der Waals surface area (Å²) in [5.41, 5.74) is 7.94. The summed E-state index contributed by atoms with van der Waals surface area (Å²) in [6.07, 6.45) is 5.48. The van der Waals surface area contributed by atoms with Crippen molar-refractivity contribution < 1.29 is 4.79 Å². The maximum atomic E-state index is 13.0. The predicted octanol–water partition coefficient (Wildman–Crippen LogP) is 2.63. The molecule has 2 aliphatic rings. The minimum Gasteiger partial charge on any atom is -0.371 e. The lowest BCUT2D eigenvalue weighted by atomic mass is 10.00. The zero-order chi connectivity index (χ0) is 15.5. The van der Waals surface area contributed by atoms with Crippen molar-refractivity contribution in [3.05, 3.63) is 29.8 Å². The van der Waals surface area contributed by atoms with E-state index in [1.165, 1.54) is 6.42 Å². The fraction of sp³-hybridized carbons (Fsp3) is 0.611. The van der Waals surface area contributed by atoms with Gasteiger partial charge in [0.25, 0.3) is 5.91 Å². The number of para-hydroxylation sites is 1. The van der Waals surface area contributed by atoms with E-state index in [1.807, 2.05) is 18.2 Å². The molecule has 1 aromatic carbocycles. The number of rotatable bonds is 2. The van der Waals surface area contributed by atoms with Gasteiger partial charge in [0, 0.05) is 37.4 Å². The minimum absolute atomic E-state index is 0.192. The van der Waals surface area contributed by atoms with E-state index in [0.29, 0.717) is 12.1 Å². The van der Waals surface area contributed by atoms with Crippen LogP contribution in [0.25, 0.3) is 0 Å². The third-order valence-corrected chi connectivity index (χ3v) is 5.08. The van der Waals surface area contributed by atoms with Gasteiger partial charge < -0.3 is 15.5 Å². The van der Waals surface area contributed by atoms with E-state index in [9.17, 15) is 4.79 Å². The third-order valence-electron chi connectivity index (χ3n) is 5.08. The first-order chi connectivity index (χ1) is 10.7. The van der Waals surface area contributed by atoms with Gasteiger partial charge in [0.05, 0.1) is 5.56 Å². The van der Waals surface area contributed by atoms with E-state index < -0.39 is 0 Å². The molecular weight excluding hydrogens is 274 g/mol. The Labute approximate surface area is 133 Å². The lowest BCUT2D eigenvalue weighted by Gasteiger charge is -2.36. The topological polar surface area (TPSA) is 49.6 Å². The van der Waals surface area contributed by atoms with Gasteiger partial charge >= 0.3 is 0 Å². The van der Waals surface area contributed by atoms with Gasteiger partial charge in [-0.15, -0.1) is 0 Å². The Bertz CT molecular complexity index is 523. The molecule has 0 bridgehead atoms. The van der Waals surface area contributed by atoms with Crippen LogP contribution in [0.4, 0.5) is 5.69 Å². The molecule has 120 valence electrons. The van der Waals surface area contributed by atoms with E-state index >= 15 is 0 Å². The quantitative estimate of drug-likeness (QED) is 0.913. The number of anilines is 1. The van der Waals surface area contributed by atoms with E-state index in [-0.39, 0.29) is 5.91 Å². The minimum atomic E-state index is 0.192. The predicted molar refractivity (Wildman–Crippen MR) is 90.2 cm³/mol. The van der Waals surface area contributed by atoms with Gasteiger partial charge in [0.2, 0.25) is 0 Å². The lowest BCUT2D eigenvalue weighted by molar-refractivity contribution is 0.0636. The highest BCUT2D eigenvalue weighted by Crippen LogP contribution is 2.27. The standard InChI is InChI=1S/C18H27N3O/c1-14-6-4-5-11-21(14)18(22)16-7-2-3-8-17(16)20-12-9-15(19)10-13-20/h2-3,7-8,14-15H,4-6,9-13,19H2,1H3. The maximum absolute atomic E-state index is 13.0. The summed E-state index contributed by atoms with van der Waals surface area (Å²) >= 11 is 0. The first-order valence-corrected chi connectivity index (χ1v) is 8.57. The second-order valence-corrected chi connectivity index (χ2v) is 6.68. The number of carbonyl (C=O) groups is 1. The molecular formula is C18H27N3O. The number of hydrogen-bond donors (Lipinski definition) is 1. The highest BCUT2D eigenvalue weighted by atomic mass is 16.2. The summed E-state index contributed by atoms with van der Waals surface area (Å²) in [4.78, 5) is 17.4. The van der Waals surface area contributed by atoms with Crippen molar-refractivity contribution in [2.75, 3.05) is 24.5 Å². The number of nitrogens with zero attached hydrogens (tertiary/aromatic N) is 2. The molecule has 1 atom stereocenters. The summed E-state index contributed by atoms with van der Waals surface area (Å²) in [6.45, 7) is 4.95. The highest BCUT2D eigenvalue weighted by Gasteiger charge is 2.27. The van der Waals surface area contributed by atoms with Crippen molar-refractivity contribution in [1.29, 1.82) is 0 Å². The van der Waals surface area contributed by atoms with Gasteiger partial charge in [-0.25, -0.2) is 0 Å². The first-order valence-electron chi connectivity index (χ1n) is 8.57. The van der Waals surface area contributed by atoms with Crippen LogP contribution in [0.5, 0.6) is 0 Å². The van der Waals surface area contributed by atoms with Crippen LogP contribution in [-0.4, -0.2) is 42.5 Å². The average Bonchev–Trinajstić information content (AvgIpc) is 2.55. The Kier molecular flexibility index (Phi) is 4.67. The molecule has 3 rings (SSSR count). The van der Waals surface area contributed by atoms with E-state index in [4.69, 9.17) is 5.73 Å². The average molecular weight is 301 g/mol. The van der Waals surface area contributed by atoms with Crippen LogP contribution < -0.4 is 10.6 Å². The van der Waals surface area contributed by atoms with Gasteiger partial charge in [-0.3, -0.25) is 4.79 Å². The monoisotopic (exact) mass is 301 g/mol. The van der Waals surface area contributed by atoms with Crippen LogP contribution in [0.2, 0.25) is 0 Å². The molecule has 2 N–H and O–H groups in total. The van der Waals surface area contributed by atoms with Crippen molar-refractivity contribution in [2.24, 2.45) is 5.73 Å². The smallest absolute Gasteiger partial charge is 0.256 e. The number of amides is 1. The molecule has 1 aromatic rings. The number of hydrogen-bond acceptors (Lipinski definition) is 3. The zero-order valence-corrected chi connectivity index (χ0v) is 13.5. The molecule has 2 fully saturated rings. The largest absolute Gasteiger partial charge is 0.371 e. The Morgan fingerprint density at radius 2 is 1.82 bits per heavy atom. The first kappa shape index (κ1) is 15.3. The SMILES string of the molecule is CC1CCCCN1C(=O)c1ccccc1N1CCC(N)CC1. The van der Waals surface area contributed by atoms with E-state index in [2.05, 4.69) is 22.8 Å². The van der Waals surface area contributed by atoms with Gasteiger partial charge in [-0.1, -0.05) is 12.1 Å². The van der Waals surface area contributed by atoms with Crippen LogP contribution in [0.15, 0.2) is 24.3 Å². The second kappa shape index (κ2) is 6.69. The number of likely N-dealkylation sites (tertiary alicyclic amines) is 1. The zero-order valence-electron chi connectivity index (χ0n) is 13.5. The maximum Gasteiger partial charge on any atom is 0.256 e. The molecule has 2 aliphatic heterocycles. The number of nitrogens with two attached hydrogens (primary N) is 1. The molecule has 4 heteroatoms. The van der Waals surface area contributed by atoms with Gasteiger partial charge in [-0.2, -0.15) is 0 Å². The number of benzene rings is 1. The van der Waals surface area contributed by atoms with E-state index in [0.717, 1.165) is 56.6 Å². The fourth-order valence-corrected chi connectivity index (χ4v) is 3.63. The summed E-state index contributed by atoms with van der Waals surface area (Å²) in [5, 5.41) is 0.